The molecule has 3 nitrogen and oxygen atoms in total. The molecule has 1 N–H and O–H groups in total. The summed E-state index contributed by atoms with van der Waals surface area (Å²) in [6.45, 7) is 7.21. The minimum absolute atomic E-state index is 0.134. The third-order valence-corrected chi connectivity index (χ3v) is 5.05. The molecular weight excluding hydrogens is 200 g/mol. The van der Waals surface area contributed by atoms with Crippen LogP contribution in [0.4, 0.5) is 0 Å². The minimum atomic E-state index is -2.98. The van der Waals surface area contributed by atoms with Gasteiger partial charge in [-0.15, -0.1) is 0 Å². The monoisotopic (exact) mass is 222 g/mol. The highest BCUT2D eigenvalue weighted by Crippen LogP contribution is 2.18. The zero-order chi connectivity index (χ0) is 11.4. The van der Waals surface area contributed by atoms with Gasteiger partial charge in [0.25, 0.3) is 0 Å². The normalized spacial score (nSPS) is 15.5. The highest BCUT2D eigenvalue weighted by molar-refractivity contribution is 7.92. The largest absolute Gasteiger partial charge is 0.396 e. The third kappa shape index (κ3) is 4.42. The van der Waals surface area contributed by atoms with E-state index in [4.69, 9.17) is 5.11 Å². The number of rotatable bonds is 5. The Morgan fingerprint density at radius 2 is 1.79 bits per heavy atom. The summed E-state index contributed by atoms with van der Waals surface area (Å²) >= 11 is 0. The van der Waals surface area contributed by atoms with Crippen molar-refractivity contribution >= 4 is 9.84 Å². The second kappa shape index (κ2) is 5.12. The maximum absolute atomic E-state index is 11.7. The van der Waals surface area contributed by atoms with E-state index in [0.29, 0.717) is 6.42 Å². The first-order valence-corrected chi connectivity index (χ1v) is 6.69. The van der Waals surface area contributed by atoms with Crippen LogP contribution in [0.5, 0.6) is 0 Å². The smallest absolute Gasteiger partial charge is 0.155 e. The third-order valence-electron chi connectivity index (χ3n) is 2.35. The fourth-order valence-electron chi connectivity index (χ4n) is 1.02. The molecule has 0 radical (unpaired) electrons. The Labute approximate surface area is 87.4 Å². The summed E-state index contributed by atoms with van der Waals surface area (Å²) in [5.74, 6) is 0.422. The molecule has 4 heteroatoms. The number of sulfone groups is 1. The van der Waals surface area contributed by atoms with E-state index in [1.165, 1.54) is 0 Å². The number of hydrogen-bond donors (Lipinski definition) is 1. The molecule has 0 heterocycles. The molecule has 0 saturated heterocycles. The Morgan fingerprint density at radius 1 is 1.29 bits per heavy atom. The standard InChI is InChI=1S/C10H22O3S/c1-9(8-11)6-5-7-14(12,13)10(2,3)4/h9,11H,5-8H2,1-4H3. The summed E-state index contributed by atoms with van der Waals surface area (Å²) in [6, 6.07) is 0. The van der Waals surface area contributed by atoms with Gasteiger partial charge in [-0.05, 0) is 39.5 Å². The van der Waals surface area contributed by atoms with E-state index in [1.807, 2.05) is 6.92 Å². The molecular formula is C10H22O3S. The predicted octanol–water partition coefficient (Wildman–Crippen LogP) is 1.61. The summed E-state index contributed by atoms with van der Waals surface area (Å²) in [5.41, 5.74) is 0. The Hall–Kier alpha value is -0.0900. The fraction of sp³-hybridized carbons (Fsp3) is 1.00. The SMILES string of the molecule is CC(CO)CCCS(=O)(=O)C(C)(C)C. The molecule has 1 atom stereocenters. The molecule has 0 aliphatic heterocycles. The van der Waals surface area contributed by atoms with Gasteiger partial charge in [0.1, 0.15) is 0 Å². The zero-order valence-corrected chi connectivity index (χ0v) is 10.4. The van der Waals surface area contributed by atoms with Gasteiger partial charge in [-0.3, -0.25) is 0 Å². The van der Waals surface area contributed by atoms with Gasteiger partial charge in [0.15, 0.2) is 9.84 Å². The number of aliphatic hydroxyl groups is 1. The van der Waals surface area contributed by atoms with Gasteiger partial charge in [0, 0.05) is 6.61 Å². The second-order valence-electron chi connectivity index (χ2n) is 4.86. The Bertz CT molecular complexity index is 249. The highest BCUT2D eigenvalue weighted by atomic mass is 32.2. The maximum Gasteiger partial charge on any atom is 0.155 e. The van der Waals surface area contributed by atoms with Crippen LogP contribution in [0.25, 0.3) is 0 Å². The molecule has 0 fully saturated rings. The zero-order valence-electron chi connectivity index (χ0n) is 9.58. The predicted molar refractivity (Wildman–Crippen MR) is 59.0 cm³/mol. The van der Waals surface area contributed by atoms with Gasteiger partial charge in [-0.1, -0.05) is 6.92 Å². The lowest BCUT2D eigenvalue weighted by molar-refractivity contribution is 0.229. The van der Waals surface area contributed by atoms with E-state index in [0.717, 1.165) is 6.42 Å². The first-order chi connectivity index (χ1) is 6.20. The summed E-state index contributed by atoms with van der Waals surface area (Å²) < 4.78 is 22.7. The molecule has 0 spiro atoms. The first kappa shape index (κ1) is 13.9. The molecule has 0 aliphatic carbocycles. The Kier molecular flexibility index (Phi) is 5.09. The van der Waals surface area contributed by atoms with Crippen LogP contribution in [0.3, 0.4) is 0 Å². The number of aliphatic hydroxyl groups excluding tert-OH is 1. The van der Waals surface area contributed by atoms with Crippen molar-refractivity contribution in [2.45, 2.75) is 45.3 Å². The molecule has 1 unspecified atom stereocenters. The van der Waals surface area contributed by atoms with Crippen LogP contribution >= 0.6 is 0 Å². The van der Waals surface area contributed by atoms with Crippen LogP contribution in [0.2, 0.25) is 0 Å². The second-order valence-corrected chi connectivity index (χ2v) is 7.72. The summed E-state index contributed by atoms with van der Waals surface area (Å²) in [5, 5.41) is 8.77. The first-order valence-electron chi connectivity index (χ1n) is 5.04. The van der Waals surface area contributed by atoms with Gasteiger partial charge >= 0.3 is 0 Å². The van der Waals surface area contributed by atoms with E-state index >= 15 is 0 Å². The van der Waals surface area contributed by atoms with Crippen molar-refractivity contribution < 1.29 is 13.5 Å². The Balaban J connectivity index is 4.03. The lowest BCUT2D eigenvalue weighted by Crippen LogP contribution is -2.30. The summed E-state index contributed by atoms with van der Waals surface area (Å²) in [4.78, 5) is 0. The van der Waals surface area contributed by atoms with Gasteiger partial charge in [0.05, 0.1) is 10.5 Å². The summed E-state index contributed by atoms with van der Waals surface area (Å²) in [7, 11) is -2.98. The van der Waals surface area contributed by atoms with Crippen LogP contribution in [-0.2, 0) is 9.84 Å². The molecule has 0 aliphatic rings. The Morgan fingerprint density at radius 3 is 2.14 bits per heavy atom. The van der Waals surface area contributed by atoms with Crippen molar-refractivity contribution in [1.29, 1.82) is 0 Å². The van der Waals surface area contributed by atoms with Crippen LogP contribution < -0.4 is 0 Å². The lowest BCUT2D eigenvalue weighted by Gasteiger charge is -2.19. The molecule has 14 heavy (non-hydrogen) atoms. The lowest BCUT2D eigenvalue weighted by atomic mass is 10.1. The average Bonchev–Trinajstić information content (AvgIpc) is 2.01. The van der Waals surface area contributed by atoms with E-state index in [2.05, 4.69) is 0 Å². The van der Waals surface area contributed by atoms with E-state index in [-0.39, 0.29) is 18.3 Å². The van der Waals surface area contributed by atoms with Crippen molar-refractivity contribution in [2.24, 2.45) is 5.92 Å². The van der Waals surface area contributed by atoms with Crippen molar-refractivity contribution in [3.8, 4) is 0 Å². The van der Waals surface area contributed by atoms with Crippen LogP contribution in [0.1, 0.15) is 40.5 Å². The highest BCUT2D eigenvalue weighted by Gasteiger charge is 2.28. The molecule has 0 aromatic carbocycles. The van der Waals surface area contributed by atoms with Gasteiger partial charge < -0.3 is 5.11 Å². The van der Waals surface area contributed by atoms with Crippen molar-refractivity contribution in [3.63, 3.8) is 0 Å². The van der Waals surface area contributed by atoms with Gasteiger partial charge in [-0.25, -0.2) is 8.42 Å². The van der Waals surface area contributed by atoms with Crippen LogP contribution in [0.15, 0.2) is 0 Å². The molecule has 0 aromatic rings. The van der Waals surface area contributed by atoms with E-state index < -0.39 is 14.6 Å². The average molecular weight is 222 g/mol. The van der Waals surface area contributed by atoms with Crippen molar-refractivity contribution in [2.75, 3.05) is 12.4 Å². The molecule has 0 aromatic heterocycles. The molecule has 0 saturated carbocycles. The van der Waals surface area contributed by atoms with E-state index in [9.17, 15) is 8.42 Å². The van der Waals surface area contributed by atoms with Crippen molar-refractivity contribution in [1.82, 2.24) is 0 Å². The van der Waals surface area contributed by atoms with E-state index in [1.54, 1.807) is 20.8 Å². The minimum Gasteiger partial charge on any atom is -0.396 e. The quantitative estimate of drug-likeness (QED) is 0.769. The molecule has 86 valence electrons. The van der Waals surface area contributed by atoms with Crippen LogP contribution in [-0.4, -0.2) is 30.6 Å². The van der Waals surface area contributed by atoms with Crippen molar-refractivity contribution in [3.05, 3.63) is 0 Å². The molecule has 0 bridgehead atoms. The molecule has 0 rings (SSSR count). The molecule has 0 amide bonds. The van der Waals surface area contributed by atoms with Gasteiger partial charge in [-0.2, -0.15) is 0 Å². The summed E-state index contributed by atoms with van der Waals surface area (Å²) in [6.07, 6.45) is 1.41. The number of hydrogen-bond acceptors (Lipinski definition) is 3. The van der Waals surface area contributed by atoms with Gasteiger partial charge in [0.2, 0.25) is 0 Å². The van der Waals surface area contributed by atoms with Crippen LogP contribution in [0, 0.1) is 5.92 Å². The maximum atomic E-state index is 11.7. The fourth-order valence-corrected chi connectivity index (χ4v) is 2.18. The topological polar surface area (TPSA) is 54.4 Å².